The molecule has 0 radical (unpaired) electrons. The molecule has 5 heteroatoms. The molecule has 5 nitrogen and oxygen atoms in total. The molecule has 1 saturated heterocycles. The minimum Gasteiger partial charge on any atom is -0.481 e. The first-order valence-corrected chi connectivity index (χ1v) is 5.10. The third kappa shape index (κ3) is 3.44. The predicted molar refractivity (Wildman–Crippen MR) is 54.7 cm³/mol. The lowest BCUT2D eigenvalue weighted by molar-refractivity contribution is -0.146. The number of aliphatic hydroxyl groups is 1. The highest BCUT2D eigenvalue weighted by Crippen LogP contribution is 2.18. The molecular formula is C10H19NO4. The molecule has 88 valence electrons. The first-order valence-electron chi connectivity index (χ1n) is 5.10. The number of nitrogens with one attached hydrogen (secondary N) is 1. The van der Waals surface area contributed by atoms with Crippen LogP contribution in [0.5, 0.6) is 0 Å². The van der Waals surface area contributed by atoms with Gasteiger partial charge < -0.3 is 20.3 Å². The first-order chi connectivity index (χ1) is 6.86. The maximum absolute atomic E-state index is 10.8. The number of carboxylic acid groups (broad SMARTS) is 1. The van der Waals surface area contributed by atoms with Crippen LogP contribution in [0.3, 0.4) is 0 Å². The molecule has 0 amide bonds. The quantitative estimate of drug-likeness (QED) is 0.596. The van der Waals surface area contributed by atoms with Crippen molar-refractivity contribution in [3.8, 4) is 0 Å². The molecule has 0 aromatic carbocycles. The number of aliphatic carboxylic acids is 1. The molecule has 0 saturated carbocycles. The van der Waals surface area contributed by atoms with Gasteiger partial charge in [-0.1, -0.05) is 0 Å². The second-order valence-electron chi connectivity index (χ2n) is 4.82. The van der Waals surface area contributed by atoms with Gasteiger partial charge in [0.25, 0.3) is 0 Å². The van der Waals surface area contributed by atoms with E-state index in [0.29, 0.717) is 32.7 Å². The molecule has 15 heavy (non-hydrogen) atoms. The lowest BCUT2D eigenvalue weighted by Gasteiger charge is -2.25. The fourth-order valence-electron chi connectivity index (χ4n) is 1.42. The van der Waals surface area contributed by atoms with Gasteiger partial charge in [-0.2, -0.15) is 0 Å². The molecule has 0 aromatic heterocycles. The Bertz CT molecular complexity index is 234. The Morgan fingerprint density at radius 3 is 2.73 bits per heavy atom. The van der Waals surface area contributed by atoms with Gasteiger partial charge in [0.1, 0.15) is 5.60 Å². The van der Waals surface area contributed by atoms with Gasteiger partial charge in [-0.25, -0.2) is 0 Å². The van der Waals surface area contributed by atoms with Gasteiger partial charge in [0.05, 0.1) is 12.0 Å². The van der Waals surface area contributed by atoms with Gasteiger partial charge in [0.15, 0.2) is 0 Å². The second kappa shape index (κ2) is 4.47. The van der Waals surface area contributed by atoms with Crippen LogP contribution in [0.4, 0.5) is 0 Å². The topological polar surface area (TPSA) is 78.8 Å². The third-order valence-electron chi connectivity index (χ3n) is 2.68. The predicted octanol–water partition coefficient (Wildman–Crippen LogP) is -0.162. The number of carbonyl (C=O) groups is 1. The van der Waals surface area contributed by atoms with Crippen molar-refractivity contribution < 1.29 is 19.7 Å². The number of rotatable bonds is 5. The van der Waals surface area contributed by atoms with Crippen LogP contribution in [-0.2, 0) is 9.53 Å². The van der Waals surface area contributed by atoms with Crippen molar-refractivity contribution in [1.82, 2.24) is 5.32 Å². The van der Waals surface area contributed by atoms with Crippen molar-refractivity contribution in [3.05, 3.63) is 0 Å². The summed E-state index contributed by atoms with van der Waals surface area (Å²) in [5.74, 6) is -0.843. The molecule has 1 heterocycles. The summed E-state index contributed by atoms with van der Waals surface area (Å²) in [5, 5.41) is 21.7. The van der Waals surface area contributed by atoms with E-state index in [4.69, 9.17) is 9.84 Å². The Morgan fingerprint density at radius 2 is 2.27 bits per heavy atom. The largest absolute Gasteiger partial charge is 0.481 e. The Kier molecular flexibility index (Phi) is 3.70. The molecule has 0 aromatic rings. The van der Waals surface area contributed by atoms with Crippen LogP contribution < -0.4 is 5.32 Å². The highest BCUT2D eigenvalue weighted by molar-refractivity contribution is 5.73. The number of ether oxygens (including phenoxy) is 1. The van der Waals surface area contributed by atoms with E-state index >= 15 is 0 Å². The minimum atomic E-state index is -0.843. The fraction of sp³-hybridized carbons (Fsp3) is 0.900. The third-order valence-corrected chi connectivity index (χ3v) is 2.68. The Morgan fingerprint density at radius 1 is 1.60 bits per heavy atom. The molecule has 0 aliphatic carbocycles. The number of hydrogen-bond acceptors (Lipinski definition) is 4. The van der Waals surface area contributed by atoms with Gasteiger partial charge >= 0.3 is 5.97 Å². The summed E-state index contributed by atoms with van der Waals surface area (Å²) in [4.78, 5) is 10.8. The zero-order valence-electron chi connectivity index (χ0n) is 9.25. The average molecular weight is 217 g/mol. The van der Waals surface area contributed by atoms with Crippen molar-refractivity contribution in [2.75, 3.05) is 26.3 Å². The van der Waals surface area contributed by atoms with E-state index in [9.17, 15) is 9.90 Å². The molecule has 1 fully saturated rings. The average Bonchev–Trinajstić information content (AvgIpc) is 2.51. The van der Waals surface area contributed by atoms with Crippen molar-refractivity contribution >= 4 is 5.97 Å². The van der Waals surface area contributed by atoms with E-state index < -0.39 is 17.0 Å². The van der Waals surface area contributed by atoms with Gasteiger partial charge in [-0.3, -0.25) is 4.79 Å². The van der Waals surface area contributed by atoms with Crippen LogP contribution in [0.15, 0.2) is 0 Å². The molecule has 1 aliphatic rings. The summed E-state index contributed by atoms with van der Waals surface area (Å²) < 4.78 is 5.08. The van der Waals surface area contributed by atoms with E-state index in [0.717, 1.165) is 0 Å². The molecule has 1 atom stereocenters. The minimum absolute atomic E-state index is 0.327. The standard InChI is InChI=1S/C10H19NO4/c1-9(2,8(12)13)5-11-6-10(14)3-4-15-7-10/h11,14H,3-7H2,1-2H3,(H,12,13). The van der Waals surface area contributed by atoms with Gasteiger partial charge in [-0.15, -0.1) is 0 Å². The zero-order chi connectivity index (χ0) is 11.5. The van der Waals surface area contributed by atoms with Crippen LogP contribution in [0.2, 0.25) is 0 Å². The Hall–Kier alpha value is -0.650. The van der Waals surface area contributed by atoms with E-state index in [2.05, 4.69) is 5.32 Å². The summed E-state index contributed by atoms with van der Waals surface area (Å²) in [6.07, 6.45) is 0.605. The van der Waals surface area contributed by atoms with Crippen molar-refractivity contribution in [1.29, 1.82) is 0 Å². The van der Waals surface area contributed by atoms with Gasteiger partial charge in [-0.05, 0) is 13.8 Å². The SMILES string of the molecule is CC(C)(CNCC1(O)CCOC1)C(=O)O. The van der Waals surface area contributed by atoms with Crippen LogP contribution in [0.25, 0.3) is 0 Å². The summed E-state index contributed by atoms with van der Waals surface area (Å²) in [6, 6.07) is 0. The fourth-order valence-corrected chi connectivity index (χ4v) is 1.42. The Balaban J connectivity index is 2.29. The van der Waals surface area contributed by atoms with Gasteiger partial charge in [0.2, 0.25) is 0 Å². The lowest BCUT2D eigenvalue weighted by atomic mass is 9.93. The van der Waals surface area contributed by atoms with Crippen molar-refractivity contribution in [2.45, 2.75) is 25.9 Å². The van der Waals surface area contributed by atoms with Crippen molar-refractivity contribution in [2.24, 2.45) is 5.41 Å². The van der Waals surface area contributed by atoms with E-state index in [1.54, 1.807) is 13.8 Å². The summed E-state index contributed by atoms with van der Waals surface area (Å²) in [6.45, 7) is 4.91. The molecule has 3 N–H and O–H groups in total. The normalized spacial score (nSPS) is 26.9. The molecule has 1 rings (SSSR count). The number of carboxylic acids is 1. The highest BCUT2D eigenvalue weighted by atomic mass is 16.5. The number of hydrogen-bond donors (Lipinski definition) is 3. The van der Waals surface area contributed by atoms with Crippen LogP contribution in [0, 0.1) is 5.41 Å². The molecule has 0 bridgehead atoms. The van der Waals surface area contributed by atoms with E-state index in [1.165, 1.54) is 0 Å². The highest BCUT2D eigenvalue weighted by Gasteiger charge is 2.33. The summed E-state index contributed by atoms with van der Waals surface area (Å²) in [5.41, 5.74) is -1.63. The first kappa shape index (κ1) is 12.4. The van der Waals surface area contributed by atoms with Crippen LogP contribution in [0.1, 0.15) is 20.3 Å². The zero-order valence-corrected chi connectivity index (χ0v) is 9.25. The van der Waals surface area contributed by atoms with E-state index in [-0.39, 0.29) is 0 Å². The maximum Gasteiger partial charge on any atom is 0.310 e. The Labute approximate surface area is 89.4 Å². The van der Waals surface area contributed by atoms with Crippen molar-refractivity contribution in [3.63, 3.8) is 0 Å². The van der Waals surface area contributed by atoms with E-state index in [1.807, 2.05) is 0 Å². The summed E-state index contributed by atoms with van der Waals surface area (Å²) in [7, 11) is 0. The van der Waals surface area contributed by atoms with Crippen LogP contribution >= 0.6 is 0 Å². The van der Waals surface area contributed by atoms with Crippen LogP contribution in [-0.4, -0.2) is 48.1 Å². The summed E-state index contributed by atoms with van der Waals surface area (Å²) >= 11 is 0. The molecule has 0 spiro atoms. The second-order valence-corrected chi connectivity index (χ2v) is 4.82. The maximum atomic E-state index is 10.8. The smallest absolute Gasteiger partial charge is 0.310 e. The van der Waals surface area contributed by atoms with Gasteiger partial charge in [0, 0.05) is 26.1 Å². The molecule has 1 unspecified atom stereocenters. The molecular weight excluding hydrogens is 198 g/mol. The monoisotopic (exact) mass is 217 g/mol. The molecule has 1 aliphatic heterocycles. The lowest BCUT2D eigenvalue weighted by Crippen LogP contribution is -2.45.